The van der Waals surface area contributed by atoms with Gasteiger partial charge in [0.2, 0.25) is 0 Å². The molecule has 1 fully saturated rings. The van der Waals surface area contributed by atoms with Crippen LogP contribution in [0.1, 0.15) is 22.5 Å². The van der Waals surface area contributed by atoms with Gasteiger partial charge in [-0.1, -0.05) is 24.3 Å². The SMILES string of the molecule is Cc1[nH]c(/C=C2\C(=O)Nc3cccc(-c4cccc(F)c4F)c32)c(C(F)(F)F)c1NC(=O)OCCN1CCOCC1. The Morgan fingerprint density at radius 2 is 1.83 bits per heavy atom. The number of ether oxygens (including phenoxy) is 2. The molecule has 216 valence electrons. The van der Waals surface area contributed by atoms with Crippen molar-refractivity contribution in [3.63, 3.8) is 0 Å². The number of hydrogen-bond acceptors (Lipinski definition) is 5. The molecule has 0 bridgehead atoms. The molecular formula is C28H25F5N4O4. The van der Waals surface area contributed by atoms with E-state index >= 15 is 0 Å². The molecule has 0 unspecified atom stereocenters. The predicted molar refractivity (Wildman–Crippen MR) is 141 cm³/mol. The van der Waals surface area contributed by atoms with E-state index in [1.54, 1.807) is 0 Å². The number of benzene rings is 2. The second kappa shape index (κ2) is 11.3. The van der Waals surface area contributed by atoms with Crippen molar-refractivity contribution < 1.29 is 41.0 Å². The van der Waals surface area contributed by atoms with Crippen molar-refractivity contribution in [1.29, 1.82) is 0 Å². The van der Waals surface area contributed by atoms with Crippen LogP contribution in [0, 0.1) is 18.6 Å². The monoisotopic (exact) mass is 576 g/mol. The molecule has 2 aliphatic rings. The average Bonchev–Trinajstić information content (AvgIpc) is 3.41. The number of morpholine rings is 1. The van der Waals surface area contributed by atoms with Crippen molar-refractivity contribution in [3.8, 4) is 11.1 Å². The van der Waals surface area contributed by atoms with Crippen LogP contribution in [0.4, 0.5) is 38.1 Å². The molecule has 0 radical (unpaired) electrons. The molecule has 3 N–H and O–H groups in total. The summed E-state index contributed by atoms with van der Waals surface area (Å²) in [5.41, 5.74) is -2.23. The van der Waals surface area contributed by atoms with Gasteiger partial charge in [0.05, 0.1) is 30.2 Å². The molecule has 3 heterocycles. The van der Waals surface area contributed by atoms with E-state index in [-0.39, 0.29) is 40.3 Å². The molecule has 0 aliphatic carbocycles. The number of rotatable bonds is 6. The fraction of sp³-hybridized carbons (Fsp3) is 0.286. The first-order valence-electron chi connectivity index (χ1n) is 12.7. The van der Waals surface area contributed by atoms with Crippen molar-refractivity contribution in [1.82, 2.24) is 9.88 Å². The maximum atomic E-state index is 14.7. The maximum Gasteiger partial charge on any atom is 0.420 e. The van der Waals surface area contributed by atoms with E-state index in [0.29, 0.717) is 32.8 Å². The van der Waals surface area contributed by atoms with Gasteiger partial charge in [-0.2, -0.15) is 13.2 Å². The zero-order chi connectivity index (χ0) is 29.3. The Kier molecular flexibility index (Phi) is 7.82. The van der Waals surface area contributed by atoms with Gasteiger partial charge in [0.25, 0.3) is 5.91 Å². The predicted octanol–water partition coefficient (Wildman–Crippen LogP) is 5.66. The van der Waals surface area contributed by atoms with Crippen molar-refractivity contribution >= 4 is 35.0 Å². The lowest BCUT2D eigenvalue weighted by molar-refractivity contribution is -0.137. The van der Waals surface area contributed by atoms with E-state index in [4.69, 9.17) is 9.47 Å². The number of H-pyrrole nitrogens is 1. The van der Waals surface area contributed by atoms with Crippen LogP contribution in [-0.4, -0.2) is 61.3 Å². The van der Waals surface area contributed by atoms with Gasteiger partial charge < -0.3 is 19.8 Å². The Morgan fingerprint density at radius 3 is 2.56 bits per heavy atom. The molecule has 1 saturated heterocycles. The van der Waals surface area contributed by atoms with E-state index in [9.17, 15) is 31.5 Å². The van der Waals surface area contributed by atoms with Crippen molar-refractivity contribution in [2.45, 2.75) is 13.1 Å². The fourth-order valence-electron chi connectivity index (χ4n) is 4.91. The smallest absolute Gasteiger partial charge is 0.420 e. The highest BCUT2D eigenvalue weighted by Gasteiger charge is 2.40. The summed E-state index contributed by atoms with van der Waals surface area (Å²) in [6.07, 6.45) is -5.04. The zero-order valence-corrected chi connectivity index (χ0v) is 21.8. The van der Waals surface area contributed by atoms with Crippen molar-refractivity contribution in [3.05, 3.63) is 70.5 Å². The van der Waals surface area contributed by atoms with Crippen LogP contribution < -0.4 is 10.6 Å². The zero-order valence-electron chi connectivity index (χ0n) is 21.8. The largest absolute Gasteiger partial charge is 0.448 e. The number of aryl methyl sites for hydroxylation is 1. The summed E-state index contributed by atoms with van der Waals surface area (Å²) in [5, 5.41) is 4.73. The quantitative estimate of drug-likeness (QED) is 0.260. The number of alkyl halides is 3. The minimum atomic E-state index is -4.94. The Labute approximate surface area is 231 Å². The van der Waals surface area contributed by atoms with Gasteiger partial charge in [-0.3, -0.25) is 15.0 Å². The fourth-order valence-corrected chi connectivity index (χ4v) is 4.91. The Balaban J connectivity index is 1.48. The number of fused-ring (bicyclic) bond motifs is 1. The van der Waals surface area contributed by atoms with Gasteiger partial charge in [-0.05, 0) is 30.7 Å². The number of hydrogen-bond donors (Lipinski definition) is 3. The van der Waals surface area contributed by atoms with E-state index in [1.807, 2.05) is 4.90 Å². The highest BCUT2D eigenvalue weighted by Crippen LogP contribution is 2.44. The van der Waals surface area contributed by atoms with Gasteiger partial charge in [-0.25, -0.2) is 13.6 Å². The number of anilines is 2. The van der Waals surface area contributed by atoms with Crippen molar-refractivity contribution in [2.24, 2.45) is 0 Å². The highest BCUT2D eigenvalue weighted by molar-refractivity contribution is 6.36. The van der Waals surface area contributed by atoms with Crippen LogP contribution in [-0.2, 0) is 20.4 Å². The lowest BCUT2D eigenvalue weighted by atomic mass is 9.93. The van der Waals surface area contributed by atoms with E-state index in [1.165, 1.54) is 37.3 Å². The second-order valence-electron chi connectivity index (χ2n) is 9.47. The lowest BCUT2D eigenvalue weighted by Crippen LogP contribution is -2.38. The summed E-state index contributed by atoms with van der Waals surface area (Å²) in [5.74, 6) is -3.01. The molecule has 3 aromatic rings. The van der Waals surface area contributed by atoms with Crippen LogP contribution in [0.25, 0.3) is 22.8 Å². The van der Waals surface area contributed by atoms with Gasteiger partial charge >= 0.3 is 12.3 Å². The molecule has 5 rings (SSSR count). The molecule has 0 spiro atoms. The van der Waals surface area contributed by atoms with E-state index < -0.39 is 46.8 Å². The molecule has 13 heteroatoms. The number of aromatic amines is 1. The number of carbonyl (C=O) groups excluding carboxylic acids is 2. The summed E-state index contributed by atoms with van der Waals surface area (Å²) < 4.78 is 82.0. The molecule has 2 aromatic carbocycles. The standard InChI is InChI=1S/C28H25F5N4O4/c1-15-25(36-27(39)41-13-10-37-8-11-40-12-9-37)23(28(31,32)33)21(34-15)14-18-22-16(4-3-7-20(22)35-26(18)38)17-5-2-6-19(29)24(17)30/h2-7,14,34H,8-13H2,1H3,(H,35,38)(H,36,39)/b18-14-. The Morgan fingerprint density at radius 1 is 1.12 bits per heavy atom. The Bertz CT molecular complexity index is 1530. The number of aromatic nitrogens is 1. The topological polar surface area (TPSA) is 95.7 Å². The van der Waals surface area contributed by atoms with Gasteiger partial charge in [0, 0.05) is 42.1 Å². The second-order valence-corrected chi connectivity index (χ2v) is 9.47. The van der Waals surface area contributed by atoms with Crippen molar-refractivity contribution in [2.75, 3.05) is 50.1 Å². The van der Waals surface area contributed by atoms with Crippen LogP contribution in [0.15, 0.2) is 36.4 Å². The third-order valence-corrected chi connectivity index (χ3v) is 6.83. The molecule has 8 nitrogen and oxygen atoms in total. The summed E-state index contributed by atoms with van der Waals surface area (Å²) in [7, 11) is 0. The molecule has 0 atom stereocenters. The summed E-state index contributed by atoms with van der Waals surface area (Å²) >= 11 is 0. The number of nitrogens with zero attached hydrogens (tertiary/aromatic N) is 1. The lowest BCUT2D eigenvalue weighted by Gasteiger charge is -2.26. The van der Waals surface area contributed by atoms with Gasteiger partial charge in [0.15, 0.2) is 11.6 Å². The van der Waals surface area contributed by atoms with Gasteiger partial charge in [0.1, 0.15) is 12.2 Å². The summed E-state index contributed by atoms with van der Waals surface area (Å²) in [4.78, 5) is 29.9. The number of nitrogens with one attached hydrogen (secondary N) is 3. The molecule has 2 amide bonds. The first-order chi connectivity index (χ1) is 19.5. The molecular weight excluding hydrogens is 551 g/mol. The summed E-state index contributed by atoms with van der Waals surface area (Å²) in [6.45, 7) is 4.09. The summed E-state index contributed by atoms with van der Waals surface area (Å²) in [6, 6.07) is 7.97. The van der Waals surface area contributed by atoms with E-state index in [0.717, 1.165) is 12.1 Å². The number of amides is 2. The highest BCUT2D eigenvalue weighted by atomic mass is 19.4. The van der Waals surface area contributed by atoms with Crippen LogP contribution in [0.2, 0.25) is 0 Å². The van der Waals surface area contributed by atoms with Gasteiger partial charge in [-0.15, -0.1) is 0 Å². The molecule has 2 aliphatic heterocycles. The van der Waals surface area contributed by atoms with E-state index in [2.05, 4.69) is 15.6 Å². The minimum Gasteiger partial charge on any atom is -0.448 e. The molecule has 41 heavy (non-hydrogen) atoms. The Hall–Kier alpha value is -4.23. The average molecular weight is 577 g/mol. The minimum absolute atomic E-state index is 0.0302. The molecule has 1 aromatic heterocycles. The third kappa shape index (κ3) is 5.81. The van der Waals surface area contributed by atoms with Crippen LogP contribution in [0.5, 0.6) is 0 Å². The molecule has 0 saturated carbocycles. The normalized spacial score (nSPS) is 16.5. The van der Waals surface area contributed by atoms with Crippen LogP contribution in [0.3, 0.4) is 0 Å². The first kappa shape index (κ1) is 28.3. The van der Waals surface area contributed by atoms with Crippen LogP contribution >= 0.6 is 0 Å². The third-order valence-electron chi connectivity index (χ3n) is 6.83. The number of carbonyl (C=O) groups is 2. The maximum absolute atomic E-state index is 14.7. The number of halogens is 5. The first-order valence-corrected chi connectivity index (χ1v) is 12.7.